The van der Waals surface area contributed by atoms with Crippen molar-refractivity contribution in [2.45, 2.75) is 53.4 Å². The van der Waals surface area contributed by atoms with Gasteiger partial charge in [-0.25, -0.2) is 0 Å². The molecule has 0 aromatic carbocycles. The molecule has 0 aromatic rings. The highest BCUT2D eigenvalue weighted by Crippen LogP contribution is 2.40. The lowest BCUT2D eigenvalue weighted by molar-refractivity contribution is 0.208. The van der Waals surface area contributed by atoms with E-state index in [1.54, 1.807) is 5.57 Å². The van der Waals surface area contributed by atoms with Crippen LogP contribution in [0.4, 0.5) is 0 Å². The quantitative estimate of drug-likeness (QED) is 0.555. The molecule has 1 saturated carbocycles. The molecule has 0 bridgehead atoms. The summed E-state index contributed by atoms with van der Waals surface area (Å²) in [5, 5.41) is 0. The molecule has 1 aliphatic carbocycles. The largest absolute Gasteiger partial charge is 0.0877 e. The highest BCUT2D eigenvalue weighted by molar-refractivity contribution is 5.13. The van der Waals surface area contributed by atoms with E-state index in [4.69, 9.17) is 0 Å². The molecule has 0 aliphatic heterocycles. The molecule has 0 saturated heterocycles. The van der Waals surface area contributed by atoms with Crippen LogP contribution in [0.25, 0.3) is 0 Å². The monoisotopic (exact) mass is 192 g/mol. The molecule has 0 aromatic heterocycles. The molecule has 1 fully saturated rings. The smallest absolute Gasteiger partial charge is 0.0202 e. The van der Waals surface area contributed by atoms with Crippen LogP contribution in [0.3, 0.4) is 0 Å². The molecule has 14 heavy (non-hydrogen) atoms. The standard InChI is InChI=1S/C14H24/c1-5-6-7-12(2)13-8-10-14(3,4)11-9-13/h5-7,13H,8-11H2,1-4H3/b6-5-,12-7+. The van der Waals surface area contributed by atoms with Crippen molar-refractivity contribution in [2.24, 2.45) is 11.3 Å². The summed E-state index contributed by atoms with van der Waals surface area (Å²) in [7, 11) is 0. The van der Waals surface area contributed by atoms with Crippen LogP contribution in [0, 0.1) is 11.3 Å². The number of hydrogen-bond acceptors (Lipinski definition) is 0. The zero-order chi connectivity index (χ0) is 10.6. The van der Waals surface area contributed by atoms with E-state index in [0.29, 0.717) is 5.41 Å². The van der Waals surface area contributed by atoms with Gasteiger partial charge in [0.25, 0.3) is 0 Å². The zero-order valence-corrected chi connectivity index (χ0v) is 10.1. The zero-order valence-electron chi connectivity index (χ0n) is 10.1. The van der Waals surface area contributed by atoms with E-state index < -0.39 is 0 Å². The van der Waals surface area contributed by atoms with E-state index in [1.807, 2.05) is 0 Å². The molecule has 1 aliphatic rings. The van der Waals surface area contributed by atoms with Crippen LogP contribution in [0.5, 0.6) is 0 Å². The van der Waals surface area contributed by atoms with Crippen LogP contribution in [-0.2, 0) is 0 Å². The van der Waals surface area contributed by atoms with Crippen LogP contribution in [-0.4, -0.2) is 0 Å². The van der Waals surface area contributed by atoms with Crippen molar-refractivity contribution in [1.82, 2.24) is 0 Å². The Morgan fingerprint density at radius 1 is 1.21 bits per heavy atom. The van der Waals surface area contributed by atoms with E-state index in [0.717, 1.165) is 5.92 Å². The Labute approximate surface area is 89.1 Å². The normalized spacial score (nSPS) is 24.4. The first-order valence-electron chi connectivity index (χ1n) is 5.84. The molecular weight excluding hydrogens is 168 g/mol. The van der Waals surface area contributed by atoms with E-state index in [2.05, 4.69) is 45.9 Å². The maximum Gasteiger partial charge on any atom is -0.0202 e. The Morgan fingerprint density at radius 2 is 1.79 bits per heavy atom. The highest BCUT2D eigenvalue weighted by atomic mass is 14.3. The summed E-state index contributed by atoms with van der Waals surface area (Å²) in [6, 6.07) is 0. The van der Waals surface area contributed by atoms with Gasteiger partial charge in [0.15, 0.2) is 0 Å². The molecular formula is C14H24. The molecule has 1 rings (SSSR count). The third-order valence-electron chi connectivity index (χ3n) is 3.53. The van der Waals surface area contributed by atoms with Gasteiger partial charge in [-0.2, -0.15) is 0 Å². The Balaban J connectivity index is 2.49. The molecule has 80 valence electrons. The van der Waals surface area contributed by atoms with Crippen LogP contribution >= 0.6 is 0 Å². The minimum absolute atomic E-state index is 0.595. The molecule has 0 N–H and O–H groups in total. The molecule has 0 unspecified atom stereocenters. The van der Waals surface area contributed by atoms with Gasteiger partial charge in [0.05, 0.1) is 0 Å². The van der Waals surface area contributed by atoms with Gasteiger partial charge < -0.3 is 0 Å². The summed E-state index contributed by atoms with van der Waals surface area (Å²) in [6.07, 6.45) is 12.1. The third kappa shape index (κ3) is 3.32. The predicted octanol–water partition coefficient (Wildman–Crippen LogP) is 4.73. The van der Waals surface area contributed by atoms with E-state index in [9.17, 15) is 0 Å². The van der Waals surface area contributed by atoms with Crippen molar-refractivity contribution >= 4 is 0 Å². The fourth-order valence-corrected chi connectivity index (χ4v) is 2.24. The van der Waals surface area contributed by atoms with Gasteiger partial charge in [0.1, 0.15) is 0 Å². The summed E-state index contributed by atoms with van der Waals surface area (Å²) in [4.78, 5) is 0. The van der Waals surface area contributed by atoms with Crippen LogP contribution in [0.15, 0.2) is 23.8 Å². The average molecular weight is 192 g/mol. The Bertz CT molecular complexity index is 220. The van der Waals surface area contributed by atoms with Gasteiger partial charge in [-0.3, -0.25) is 0 Å². The second-order valence-electron chi connectivity index (χ2n) is 5.37. The highest BCUT2D eigenvalue weighted by Gasteiger charge is 2.26. The molecule has 0 spiro atoms. The van der Waals surface area contributed by atoms with Crippen molar-refractivity contribution in [3.8, 4) is 0 Å². The topological polar surface area (TPSA) is 0 Å². The van der Waals surface area contributed by atoms with Crippen molar-refractivity contribution in [1.29, 1.82) is 0 Å². The Morgan fingerprint density at radius 3 is 2.29 bits per heavy atom. The Kier molecular flexibility index (Phi) is 3.97. The molecule has 0 atom stereocenters. The minimum Gasteiger partial charge on any atom is -0.0877 e. The van der Waals surface area contributed by atoms with Crippen LogP contribution in [0.1, 0.15) is 53.4 Å². The van der Waals surface area contributed by atoms with Gasteiger partial charge in [0, 0.05) is 0 Å². The first-order chi connectivity index (χ1) is 6.55. The second kappa shape index (κ2) is 4.82. The lowest BCUT2D eigenvalue weighted by Gasteiger charge is -2.34. The first-order valence-corrected chi connectivity index (χ1v) is 5.84. The Hall–Kier alpha value is -0.520. The van der Waals surface area contributed by atoms with Gasteiger partial charge >= 0.3 is 0 Å². The third-order valence-corrected chi connectivity index (χ3v) is 3.53. The van der Waals surface area contributed by atoms with E-state index >= 15 is 0 Å². The lowest BCUT2D eigenvalue weighted by atomic mass is 9.71. The van der Waals surface area contributed by atoms with Gasteiger partial charge in [-0.05, 0) is 50.9 Å². The van der Waals surface area contributed by atoms with E-state index in [1.165, 1.54) is 25.7 Å². The number of allylic oxidation sites excluding steroid dienone is 4. The minimum atomic E-state index is 0.595. The van der Waals surface area contributed by atoms with Gasteiger partial charge in [0.2, 0.25) is 0 Å². The fraction of sp³-hybridized carbons (Fsp3) is 0.714. The molecule has 0 heterocycles. The van der Waals surface area contributed by atoms with Crippen molar-refractivity contribution < 1.29 is 0 Å². The molecule has 0 nitrogen and oxygen atoms in total. The number of rotatable bonds is 2. The molecule has 0 heteroatoms. The van der Waals surface area contributed by atoms with Crippen LogP contribution < -0.4 is 0 Å². The first kappa shape index (κ1) is 11.6. The van der Waals surface area contributed by atoms with Crippen molar-refractivity contribution in [3.63, 3.8) is 0 Å². The number of hydrogen-bond donors (Lipinski definition) is 0. The van der Waals surface area contributed by atoms with Crippen LogP contribution in [0.2, 0.25) is 0 Å². The summed E-state index contributed by atoms with van der Waals surface area (Å²) in [5.74, 6) is 0.847. The van der Waals surface area contributed by atoms with Crippen molar-refractivity contribution in [3.05, 3.63) is 23.8 Å². The SMILES string of the molecule is C/C=C\C=C(/C)C1CCC(C)(C)CC1. The molecule has 0 amide bonds. The maximum absolute atomic E-state index is 2.40. The maximum atomic E-state index is 2.40. The van der Waals surface area contributed by atoms with Gasteiger partial charge in [-0.1, -0.05) is 37.6 Å². The molecule has 0 radical (unpaired) electrons. The van der Waals surface area contributed by atoms with Crippen molar-refractivity contribution in [2.75, 3.05) is 0 Å². The fourth-order valence-electron chi connectivity index (χ4n) is 2.24. The lowest BCUT2D eigenvalue weighted by Crippen LogP contribution is -2.21. The summed E-state index contributed by atoms with van der Waals surface area (Å²) in [6.45, 7) is 9.15. The summed E-state index contributed by atoms with van der Waals surface area (Å²) in [5.41, 5.74) is 2.16. The van der Waals surface area contributed by atoms with Gasteiger partial charge in [-0.15, -0.1) is 0 Å². The van der Waals surface area contributed by atoms with E-state index in [-0.39, 0.29) is 0 Å². The average Bonchev–Trinajstić information content (AvgIpc) is 2.14. The second-order valence-corrected chi connectivity index (χ2v) is 5.37. The predicted molar refractivity (Wildman–Crippen MR) is 64.3 cm³/mol. The summed E-state index contributed by atoms with van der Waals surface area (Å²) < 4.78 is 0. The summed E-state index contributed by atoms with van der Waals surface area (Å²) >= 11 is 0.